The third-order valence-corrected chi connectivity index (χ3v) is 2.84. The van der Waals surface area contributed by atoms with E-state index in [1.54, 1.807) is 12.1 Å². The van der Waals surface area contributed by atoms with Crippen molar-refractivity contribution in [3.8, 4) is 0 Å². The van der Waals surface area contributed by atoms with Crippen molar-refractivity contribution >= 4 is 11.9 Å². The maximum atomic E-state index is 13.0. The van der Waals surface area contributed by atoms with Crippen LogP contribution in [0.25, 0.3) is 0 Å². The predicted molar refractivity (Wildman–Crippen MR) is 73.6 cm³/mol. The van der Waals surface area contributed by atoms with Gasteiger partial charge in [0.05, 0.1) is 5.56 Å². The van der Waals surface area contributed by atoms with Crippen molar-refractivity contribution in [1.82, 2.24) is 10.3 Å². The summed E-state index contributed by atoms with van der Waals surface area (Å²) in [6.07, 6.45) is 1.80. The van der Waals surface area contributed by atoms with E-state index in [0.29, 0.717) is 6.42 Å². The molecule has 1 heterocycles. The van der Waals surface area contributed by atoms with E-state index in [2.05, 4.69) is 10.3 Å². The van der Waals surface area contributed by atoms with E-state index in [1.807, 2.05) is 0 Å². The summed E-state index contributed by atoms with van der Waals surface area (Å²) in [5.41, 5.74) is 0.458. The number of carboxylic acids is 1. The molecule has 0 unspecified atom stereocenters. The van der Waals surface area contributed by atoms with Crippen LogP contribution in [0, 0.1) is 5.82 Å². The van der Waals surface area contributed by atoms with Crippen LogP contribution in [-0.4, -0.2) is 28.5 Å². The van der Waals surface area contributed by atoms with Gasteiger partial charge in [0.25, 0.3) is 5.91 Å². The molecule has 0 aliphatic carbocycles. The summed E-state index contributed by atoms with van der Waals surface area (Å²) in [5, 5.41) is 11.6. The Balaban J connectivity index is 1.98. The van der Waals surface area contributed by atoms with Crippen LogP contribution in [0.1, 0.15) is 26.4 Å². The van der Waals surface area contributed by atoms with Crippen molar-refractivity contribution in [2.45, 2.75) is 6.42 Å². The van der Waals surface area contributed by atoms with Gasteiger partial charge in [0.2, 0.25) is 0 Å². The number of carbonyl (C=O) groups is 2. The standard InChI is InChI=1S/C15H13FN2O3/c16-11-4-1-3-10(9-11)6-8-18-14(19)13-12(15(20)21)5-2-7-17-13/h1-5,7,9H,6,8H2,(H,18,19)(H,20,21). The van der Waals surface area contributed by atoms with Gasteiger partial charge in [-0.2, -0.15) is 0 Å². The molecular weight excluding hydrogens is 275 g/mol. The molecule has 1 aromatic heterocycles. The van der Waals surface area contributed by atoms with Crippen molar-refractivity contribution in [3.63, 3.8) is 0 Å². The third kappa shape index (κ3) is 3.85. The number of amides is 1. The highest BCUT2D eigenvalue weighted by atomic mass is 19.1. The minimum absolute atomic E-state index is 0.135. The van der Waals surface area contributed by atoms with Crippen LogP contribution >= 0.6 is 0 Å². The Morgan fingerprint density at radius 3 is 2.76 bits per heavy atom. The number of nitrogens with zero attached hydrogens (tertiary/aromatic N) is 1. The van der Waals surface area contributed by atoms with Crippen LogP contribution in [0.2, 0.25) is 0 Å². The first-order chi connectivity index (χ1) is 10.1. The summed E-state index contributed by atoms with van der Waals surface area (Å²) in [6, 6.07) is 8.83. The van der Waals surface area contributed by atoms with Crippen molar-refractivity contribution in [2.24, 2.45) is 0 Å². The molecule has 0 saturated carbocycles. The van der Waals surface area contributed by atoms with E-state index in [0.717, 1.165) is 5.56 Å². The molecule has 21 heavy (non-hydrogen) atoms. The van der Waals surface area contributed by atoms with Gasteiger partial charge in [-0.05, 0) is 36.2 Å². The lowest BCUT2D eigenvalue weighted by molar-refractivity contribution is 0.0690. The number of hydrogen-bond acceptors (Lipinski definition) is 3. The second-order valence-corrected chi connectivity index (χ2v) is 4.34. The Hall–Kier alpha value is -2.76. The molecular formula is C15H13FN2O3. The molecule has 0 bridgehead atoms. The lowest BCUT2D eigenvalue weighted by atomic mass is 10.1. The van der Waals surface area contributed by atoms with Crippen molar-refractivity contribution in [1.29, 1.82) is 0 Å². The first kappa shape index (κ1) is 14.6. The van der Waals surface area contributed by atoms with Crippen molar-refractivity contribution < 1.29 is 19.1 Å². The lowest BCUT2D eigenvalue weighted by Crippen LogP contribution is -2.28. The molecule has 2 rings (SSSR count). The van der Waals surface area contributed by atoms with Gasteiger partial charge in [0.1, 0.15) is 11.5 Å². The number of rotatable bonds is 5. The number of carbonyl (C=O) groups excluding carboxylic acids is 1. The lowest BCUT2D eigenvalue weighted by Gasteiger charge is -2.07. The van der Waals surface area contributed by atoms with E-state index in [4.69, 9.17) is 5.11 Å². The largest absolute Gasteiger partial charge is 0.478 e. The average molecular weight is 288 g/mol. The minimum Gasteiger partial charge on any atom is -0.478 e. The van der Waals surface area contributed by atoms with Crippen LogP contribution in [0.15, 0.2) is 42.6 Å². The molecule has 0 spiro atoms. The second kappa shape index (κ2) is 6.60. The normalized spacial score (nSPS) is 10.1. The van der Waals surface area contributed by atoms with Crippen LogP contribution in [0.4, 0.5) is 4.39 Å². The van der Waals surface area contributed by atoms with Gasteiger partial charge in [0, 0.05) is 12.7 Å². The van der Waals surface area contributed by atoms with E-state index in [9.17, 15) is 14.0 Å². The van der Waals surface area contributed by atoms with Gasteiger partial charge >= 0.3 is 5.97 Å². The molecule has 5 nitrogen and oxygen atoms in total. The number of hydrogen-bond donors (Lipinski definition) is 2. The molecule has 0 aliphatic heterocycles. The summed E-state index contributed by atoms with van der Waals surface area (Å²) in [6.45, 7) is 0.262. The van der Waals surface area contributed by atoms with Crippen LogP contribution in [0.3, 0.4) is 0 Å². The smallest absolute Gasteiger partial charge is 0.338 e. The Morgan fingerprint density at radius 2 is 2.05 bits per heavy atom. The van der Waals surface area contributed by atoms with E-state index >= 15 is 0 Å². The highest BCUT2D eigenvalue weighted by molar-refractivity contribution is 6.03. The monoisotopic (exact) mass is 288 g/mol. The zero-order valence-corrected chi connectivity index (χ0v) is 11.0. The van der Waals surface area contributed by atoms with E-state index < -0.39 is 11.9 Å². The fourth-order valence-electron chi connectivity index (χ4n) is 1.86. The Morgan fingerprint density at radius 1 is 1.24 bits per heavy atom. The minimum atomic E-state index is -1.21. The van der Waals surface area contributed by atoms with Crippen LogP contribution in [-0.2, 0) is 6.42 Å². The summed E-state index contributed by atoms with van der Waals surface area (Å²) in [4.78, 5) is 26.7. The second-order valence-electron chi connectivity index (χ2n) is 4.34. The first-order valence-electron chi connectivity index (χ1n) is 6.29. The molecule has 108 valence electrons. The molecule has 1 aromatic carbocycles. The van der Waals surface area contributed by atoms with Gasteiger partial charge in [0.15, 0.2) is 0 Å². The number of halogens is 1. The zero-order valence-electron chi connectivity index (χ0n) is 11.0. The third-order valence-electron chi connectivity index (χ3n) is 2.84. The van der Waals surface area contributed by atoms with Gasteiger partial charge in [-0.25, -0.2) is 9.18 Å². The Bertz CT molecular complexity index is 673. The van der Waals surface area contributed by atoms with Crippen molar-refractivity contribution in [2.75, 3.05) is 6.54 Å². The van der Waals surface area contributed by atoms with Gasteiger partial charge in [-0.3, -0.25) is 9.78 Å². The number of aromatic nitrogens is 1. The molecule has 0 radical (unpaired) electrons. The summed E-state index contributed by atoms with van der Waals surface area (Å²) < 4.78 is 13.0. The predicted octanol–water partition coefficient (Wildman–Crippen LogP) is 1.89. The van der Waals surface area contributed by atoms with Gasteiger partial charge in [-0.1, -0.05) is 12.1 Å². The van der Waals surface area contributed by atoms with E-state index in [1.165, 1.54) is 30.5 Å². The molecule has 0 saturated heterocycles. The average Bonchev–Trinajstić information content (AvgIpc) is 2.47. The Kier molecular flexibility index (Phi) is 4.61. The molecule has 2 N–H and O–H groups in total. The fourth-order valence-corrected chi connectivity index (χ4v) is 1.86. The molecule has 0 aliphatic rings. The summed E-state index contributed by atoms with van der Waals surface area (Å²) in [7, 11) is 0. The summed E-state index contributed by atoms with van der Waals surface area (Å²) in [5.74, 6) is -2.11. The first-order valence-corrected chi connectivity index (χ1v) is 6.29. The quantitative estimate of drug-likeness (QED) is 0.880. The van der Waals surface area contributed by atoms with Crippen molar-refractivity contribution in [3.05, 3.63) is 65.2 Å². The summed E-state index contributed by atoms with van der Waals surface area (Å²) >= 11 is 0. The SMILES string of the molecule is O=C(O)c1cccnc1C(=O)NCCc1cccc(F)c1. The molecule has 2 aromatic rings. The highest BCUT2D eigenvalue weighted by Crippen LogP contribution is 2.06. The maximum absolute atomic E-state index is 13.0. The highest BCUT2D eigenvalue weighted by Gasteiger charge is 2.16. The fraction of sp³-hybridized carbons (Fsp3) is 0.133. The Labute approximate surface area is 120 Å². The van der Waals surface area contributed by atoms with Gasteiger partial charge < -0.3 is 10.4 Å². The number of benzene rings is 1. The van der Waals surface area contributed by atoms with Crippen LogP contribution in [0.5, 0.6) is 0 Å². The number of aromatic carboxylic acids is 1. The molecule has 0 fully saturated rings. The number of nitrogens with one attached hydrogen (secondary N) is 1. The maximum Gasteiger partial charge on any atom is 0.338 e. The molecule has 6 heteroatoms. The van der Waals surface area contributed by atoms with Crippen LogP contribution < -0.4 is 5.32 Å². The van der Waals surface area contributed by atoms with E-state index in [-0.39, 0.29) is 23.6 Å². The molecule has 0 atom stereocenters. The molecule has 1 amide bonds. The topological polar surface area (TPSA) is 79.3 Å². The number of carboxylic acid groups (broad SMARTS) is 1. The number of pyridine rings is 1. The van der Waals surface area contributed by atoms with Gasteiger partial charge in [-0.15, -0.1) is 0 Å². The zero-order chi connectivity index (χ0) is 15.2.